The number of alkyl halides is 3. The maximum Gasteiger partial charge on any atom is 0.437 e. The average molecular weight is 222 g/mol. The van der Waals surface area contributed by atoms with Crippen LogP contribution in [0.1, 0.15) is 30.4 Å². The van der Waals surface area contributed by atoms with Crippen molar-refractivity contribution in [1.82, 2.24) is 10.5 Å². The van der Waals surface area contributed by atoms with Crippen LogP contribution >= 0.6 is 0 Å². The van der Waals surface area contributed by atoms with Gasteiger partial charge in [0.2, 0.25) is 0 Å². The van der Waals surface area contributed by atoms with Gasteiger partial charge in [-0.05, 0) is 19.9 Å². The quantitative estimate of drug-likeness (QED) is 0.795. The van der Waals surface area contributed by atoms with Crippen molar-refractivity contribution >= 4 is 0 Å². The van der Waals surface area contributed by atoms with E-state index in [1.165, 1.54) is 6.92 Å². The number of nitrogens with one attached hydrogen (secondary N) is 1. The van der Waals surface area contributed by atoms with Gasteiger partial charge in [0.15, 0.2) is 11.5 Å². The standard InChI is InChI=1S/C9H13F3N2O/c1-3-4-13-5-7-6(2)8(14-15-7)9(10,11)12/h13H,3-5H2,1-2H3. The highest BCUT2D eigenvalue weighted by atomic mass is 19.4. The Hall–Kier alpha value is -1.04. The first-order valence-electron chi connectivity index (χ1n) is 4.70. The maximum absolute atomic E-state index is 12.3. The number of halogens is 3. The van der Waals surface area contributed by atoms with Crippen LogP contribution in [0.4, 0.5) is 13.2 Å². The van der Waals surface area contributed by atoms with Crippen molar-refractivity contribution in [1.29, 1.82) is 0 Å². The van der Waals surface area contributed by atoms with Gasteiger partial charge in [-0.2, -0.15) is 13.2 Å². The van der Waals surface area contributed by atoms with E-state index in [2.05, 4.69) is 15.0 Å². The van der Waals surface area contributed by atoms with E-state index >= 15 is 0 Å². The van der Waals surface area contributed by atoms with Crippen LogP contribution in [0.25, 0.3) is 0 Å². The minimum absolute atomic E-state index is 0.0612. The number of hydrogen-bond donors (Lipinski definition) is 1. The van der Waals surface area contributed by atoms with E-state index in [0.717, 1.165) is 13.0 Å². The van der Waals surface area contributed by atoms with Gasteiger partial charge in [0.1, 0.15) is 0 Å². The predicted molar refractivity (Wildman–Crippen MR) is 48.2 cm³/mol. The van der Waals surface area contributed by atoms with Gasteiger partial charge in [0.25, 0.3) is 0 Å². The van der Waals surface area contributed by atoms with Crippen molar-refractivity contribution in [3.8, 4) is 0 Å². The summed E-state index contributed by atoms with van der Waals surface area (Å²) >= 11 is 0. The molecule has 0 saturated heterocycles. The zero-order valence-electron chi connectivity index (χ0n) is 8.61. The van der Waals surface area contributed by atoms with E-state index in [4.69, 9.17) is 0 Å². The molecule has 1 heterocycles. The molecule has 1 rings (SSSR count). The fraction of sp³-hybridized carbons (Fsp3) is 0.667. The van der Waals surface area contributed by atoms with Gasteiger partial charge in [0, 0.05) is 5.56 Å². The Morgan fingerprint density at radius 2 is 2.07 bits per heavy atom. The zero-order chi connectivity index (χ0) is 11.5. The lowest BCUT2D eigenvalue weighted by Gasteiger charge is -2.02. The van der Waals surface area contributed by atoms with Gasteiger partial charge in [-0.1, -0.05) is 12.1 Å². The predicted octanol–water partition coefficient (Wildman–Crippen LogP) is 2.50. The van der Waals surface area contributed by atoms with Crippen LogP contribution in [0.3, 0.4) is 0 Å². The molecule has 1 aromatic heterocycles. The molecule has 0 atom stereocenters. The number of rotatable bonds is 4. The SMILES string of the molecule is CCCNCc1onc(C(F)(F)F)c1C. The van der Waals surface area contributed by atoms with E-state index in [0.29, 0.717) is 0 Å². The van der Waals surface area contributed by atoms with Crippen molar-refractivity contribution < 1.29 is 17.7 Å². The number of aromatic nitrogens is 1. The van der Waals surface area contributed by atoms with Gasteiger partial charge < -0.3 is 9.84 Å². The Kier molecular flexibility index (Phi) is 3.73. The van der Waals surface area contributed by atoms with Crippen molar-refractivity contribution in [2.75, 3.05) is 6.54 Å². The molecule has 0 bridgehead atoms. The lowest BCUT2D eigenvalue weighted by Crippen LogP contribution is -2.14. The molecule has 0 fully saturated rings. The number of hydrogen-bond acceptors (Lipinski definition) is 3. The van der Waals surface area contributed by atoms with Crippen LogP contribution < -0.4 is 5.32 Å². The molecule has 1 N–H and O–H groups in total. The third kappa shape index (κ3) is 2.95. The highest BCUT2D eigenvalue weighted by Crippen LogP contribution is 2.31. The molecular formula is C9H13F3N2O. The first-order chi connectivity index (χ1) is 6.96. The molecule has 3 nitrogen and oxygen atoms in total. The van der Waals surface area contributed by atoms with Crippen LogP contribution in [-0.2, 0) is 12.7 Å². The molecule has 0 aliphatic heterocycles. The smallest absolute Gasteiger partial charge is 0.359 e. The lowest BCUT2D eigenvalue weighted by molar-refractivity contribution is -0.143. The summed E-state index contributed by atoms with van der Waals surface area (Å²) in [6.45, 7) is 4.36. The highest BCUT2D eigenvalue weighted by molar-refractivity contribution is 5.23. The van der Waals surface area contributed by atoms with E-state index in [1.807, 2.05) is 6.92 Å². The minimum Gasteiger partial charge on any atom is -0.359 e. The zero-order valence-corrected chi connectivity index (χ0v) is 8.61. The van der Waals surface area contributed by atoms with Crippen LogP contribution in [0.5, 0.6) is 0 Å². The Balaban J connectivity index is 2.72. The summed E-state index contributed by atoms with van der Waals surface area (Å²) in [6, 6.07) is 0. The molecule has 6 heteroatoms. The summed E-state index contributed by atoms with van der Waals surface area (Å²) < 4.78 is 41.6. The fourth-order valence-electron chi connectivity index (χ4n) is 1.18. The minimum atomic E-state index is -4.43. The van der Waals surface area contributed by atoms with Crippen molar-refractivity contribution in [2.45, 2.75) is 33.0 Å². The molecule has 0 unspecified atom stereocenters. The Morgan fingerprint density at radius 3 is 2.53 bits per heavy atom. The van der Waals surface area contributed by atoms with E-state index < -0.39 is 11.9 Å². The van der Waals surface area contributed by atoms with E-state index in [9.17, 15) is 13.2 Å². The normalized spacial score (nSPS) is 12.1. The van der Waals surface area contributed by atoms with Crippen LogP contribution in [0, 0.1) is 6.92 Å². The van der Waals surface area contributed by atoms with Crippen LogP contribution in [0.15, 0.2) is 4.52 Å². The van der Waals surface area contributed by atoms with E-state index in [1.54, 1.807) is 0 Å². The van der Waals surface area contributed by atoms with Crippen LogP contribution in [0.2, 0.25) is 0 Å². The first-order valence-corrected chi connectivity index (χ1v) is 4.70. The highest BCUT2D eigenvalue weighted by Gasteiger charge is 2.37. The molecule has 0 aliphatic carbocycles. The number of nitrogens with zero attached hydrogens (tertiary/aromatic N) is 1. The molecule has 0 spiro atoms. The van der Waals surface area contributed by atoms with E-state index in [-0.39, 0.29) is 17.9 Å². The summed E-state index contributed by atoms with van der Waals surface area (Å²) in [6.07, 6.45) is -3.52. The summed E-state index contributed by atoms with van der Waals surface area (Å²) in [4.78, 5) is 0. The van der Waals surface area contributed by atoms with Crippen molar-refractivity contribution in [2.24, 2.45) is 0 Å². The first kappa shape index (κ1) is 12.0. The second-order valence-corrected chi connectivity index (χ2v) is 3.25. The largest absolute Gasteiger partial charge is 0.437 e. The summed E-state index contributed by atoms with van der Waals surface area (Å²) in [5.41, 5.74) is -0.873. The Bertz CT molecular complexity index is 320. The molecule has 0 radical (unpaired) electrons. The summed E-state index contributed by atoms with van der Waals surface area (Å²) in [5.74, 6) is 0.246. The molecule has 0 saturated carbocycles. The average Bonchev–Trinajstić information content (AvgIpc) is 2.47. The van der Waals surface area contributed by atoms with Crippen molar-refractivity contribution in [3.05, 3.63) is 17.0 Å². The van der Waals surface area contributed by atoms with Gasteiger partial charge in [-0.3, -0.25) is 0 Å². The third-order valence-corrected chi connectivity index (χ3v) is 2.00. The van der Waals surface area contributed by atoms with Crippen LogP contribution in [-0.4, -0.2) is 11.7 Å². The monoisotopic (exact) mass is 222 g/mol. The molecule has 0 aliphatic rings. The second kappa shape index (κ2) is 4.65. The Labute approximate surface area is 85.6 Å². The fourth-order valence-corrected chi connectivity index (χ4v) is 1.18. The van der Waals surface area contributed by atoms with Gasteiger partial charge >= 0.3 is 6.18 Å². The molecule has 1 aromatic rings. The van der Waals surface area contributed by atoms with Gasteiger partial charge in [-0.15, -0.1) is 0 Å². The molecule has 86 valence electrons. The lowest BCUT2D eigenvalue weighted by atomic mass is 10.2. The molecule has 15 heavy (non-hydrogen) atoms. The van der Waals surface area contributed by atoms with Gasteiger partial charge in [-0.25, -0.2) is 0 Å². The Morgan fingerprint density at radius 1 is 1.40 bits per heavy atom. The van der Waals surface area contributed by atoms with Crippen molar-refractivity contribution in [3.63, 3.8) is 0 Å². The molecular weight excluding hydrogens is 209 g/mol. The topological polar surface area (TPSA) is 38.1 Å². The molecule has 0 amide bonds. The van der Waals surface area contributed by atoms with Gasteiger partial charge in [0.05, 0.1) is 6.54 Å². The summed E-state index contributed by atoms with van der Waals surface area (Å²) in [7, 11) is 0. The second-order valence-electron chi connectivity index (χ2n) is 3.25. The maximum atomic E-state index is 12.3. The summed E-state index contributed by atoms with van der Waals surface area (Å²) in [5, 5.41) is 5.98. The molecule has 0 aromatic carbocycles. The third-order valence-electron chi connectivity index (χ3n) is 2.00.